The smallest absolute Gasteiger partial charge is 0.149 e. The van der Waals surface area contributed by atoms with E-state index in [0.717, 1.165) is 12.4 Å². The SMILES string of the molecule is COCCNc1cc(C(C)C)cnn1. The van der Waals surface area contributed by atoms with Crippen LogP contribution in [0.25, 0.3) is 0 Å². The molecule has 0 aliphatic heterocycles. The van der Waals surface area contributed by atoms with Crippen LogP contribution in [-0.2, 0) is 4.74 Å². The molecule has 0 aliphatic carbocycles. The van der Waals surface area contributed by atoms with Crippen LogP contribution in [0, 0.1) is 0 Å². The highest BCUT2D eigenvalue weighted by Crippen LogP contribution is 2.14. The molecule has 0 amide bonds. The minimum Gasteiger partial charge on any atom is -0.383 e. The first kappa shape index (κ1) is 10.9. The van der Waals surface area contributed by atoms with Crippen LogP contribution in [0.5, 0.6) is 0 Å². The molecule has 4 nitrogen and oxygen atoms in total. The first-order chi connectivity index (χ1) is 6.74. The highest BCUT2D eigenvalue weighted by atomic mass is 16.5. The van der Waals surface area contributed by atoms with E-state index in [-0.39, 0.29) is 0 Å². The zero-order chi connectivity index (χ0) is 10.4. The van der Waals surface area contributed by atoms with Gasteiger partial charge in [0.15, 0.2) is 0 Å². The molecule has 0 unspecified atom stereocenters. The van der Waals surface area contributed by atoms with E-state index >= 15 is 0 Å². The molecule has 0 aliphatic rings. The molecule has 1 aromatic heterocycles. The van der Waals surface area contributed by atoms with Crippen molar-refractivity contribution in [3.05, 3.63) is 17.8 Å². The zero-order valence-electron chi connectivity index (χ0n) is 8.95. The summed E-state index contributed by atoms with van der Waals surface area (Å²) < 4.78 is 4.93. The Labute approximate surface area is 84.7 Å². The van der Waals surface area contributed by atoms with Crippen molar-refractivity contribution in [1.82, 2.24) is 10.2 Å². The number of nitrogens with zero attached hydrogens (tertiary/aromatic N) is 2. The Morgan fingerprint density at radius 3 is 2.93 bits per heavy atom. The maximum absolute atomic E-state index is 4.93. The number of hydrogen-bond acceptors (Lipinski definition) is 4. The van der Waals surface area contributed by atoms with Crippen LogP contribution in [0.3, 0.4) is 0 Å². The number of rotatable bonds is 5. The molecule has 0 aromatic carbocycles. The van der Waals surface area contributed by atoms with Crippen molar-refractivity contribution < 1.29 is 4.74 Å². The highest BCUT2D eigenvalue weighted by molar-refractivity contribution is 5.36. The molecule has 0 saturated carbocycles. The summed E-state index contributed by atoms with van der Waals surface area (Å²) in [6.45, 7) is 5.70. The quantitative estimate of drug-likeness (QED) is 0.726. The van der Waals surface area contributed by atoms with Gasteiger partial charge in [-0.1, -0.05) is 13.8 Å². The Balaban J connectivity index is 2.55. The molecule has 1 heterocycles. The van der Waals surface area contributed by atoms with Gasteiger partial charge in [-0.15, -0.1) is 5.10 Å². The van der Waals surface area contributed by atoms with E-state index in [9.17, 15) is 0 Å². The lowest BCUT2D eigenvalue weighted by atomic mass is 10.1. The number of anilines is 1. The topological polar surface area (TPSA) is 47.0 Å². The van der Waals surface area contributed by atoms with Gasteiger partial charge in [0.1, 0.15) is 5.82 Å². The van der Waals surface area contributed by atoms with Crippen LogP contribution in [0.1, 0.15) is 25.3 Å². The summed E-state index contributed by atoms with van der Waals surface area (Å²) in [7, 11) is 1.68. The lowest BCUT2D eigenvalue weighted by Gasteiger charge is -2.07. The van der Waals surface area contributed by atoms with Gasteiger partial charge in [-0.2, -0.15) is 5.10 Å². The third-order valence-electron chi connectivity index (χ3n) is 1.95. The van der Waals surface area contributed by atoms with Gasteiger partial charge in [-0.05, 0) is 17.5 Å². The van der Waals surface area contributed by atoms with Gasteiger partial charge >= 0.3 is 0 Å². The number of hydrogen-bond donors (Lipinski definition) is 1. The standard InChI is InChI=1S/C10H17N3O/c1-8(2)9-6-10(13-12-7-9)11-4-5-14-3/h6-8H,4-5H2,1-3H3,(H,11,13). The van der Waals surface area contributed by atoms with E-state index in [1.54, 1.807) is 13.3 Å². The molecular formula is C10H17N3O. The van der Waals surface area contributed by atoms with Crippen molar-refractivity contribution in [2.45, 2.75) is 19.8 Å². The Morgan fingerprint density at radius 2 is 2.29 bits per heavy atom. The van der Waals surface area contributed by atoms with E-state index in [0.29, 0.717) is 12.5 Å². The van der Waals surface area contributed by atoms with Gasteiger partial charge in [0.25, 0.3) is 0 Å². The van der Waals surface area contributed by atoms with Gasteiger partial charge < -0.3 is 10.1 Å². The van der Waals surface area contributed by atoms with Crippen LogP contribution < -0.4 is 5.32 Å². The fourth-order valence-electron chi connectivity index (χ4n) is 1.07. The molecule has 0 atom stereocenters. The van der Waals surface area contributed by atoms with Crippen LogP contribution in [0.4, 0.5) is 5.82 Å². The molecule has 0 bridgehead atoms. The van der Waals surface area contributed by atoms with E-state index in [1.165, 1.54) is 5.56 Å². The Hall–Kier alpha value is -1.16. The average molecular weight is 195 g/mol. The summed E-state index contributed by atoms with van der Waals surface area (Å²) in [5.41, 5.74) is 1.19. The summed E-state index contributed by atoms with van der Waals surface area (Å²) in [6.07, 6.45) is 1.80. The van der Waals surface area contributed by atoms with E-state index < -0.39 is 0 Å². The monoisotopic (exact) mass is 195 g/mol. The van der Waals surface area contributed by atoms with Gasteiger partial charge in [-0.25, -0.2) is 0 Å². The zero-order valence-corrected chi connectivity index (χ0v) is 8.95. The Bertz CT molecular complexity index is 276. The molecule has 14 heavy (non-hydrogen) atoms. The normalized spacial score (nSPS) is 10.6. The third-order valence-corrected chi connectivity index (χ3v) is 1.95. The summed E-state index contributed by atoms with van der Waals surface area (Å²) >= 11 is 0. The second kappa shape index (κ2) is 5.54. The average Bonchev–Trinajstić information content (AvgIpc) is 2.19. The summed E-state index contributed by atoms with van der Waals surface area (Å²) in [5, 5.41) is 11.1. The molecule has 0 radical (unpaired) electrons. The fraction of sp³-hybridized carbons (Fsp3) is 0.600. The minimum atomic E-state index is 0.480. The fourth-order valence-corrected chi connectivity index (χ4v) is 1.07. The molecule has 0 saturated heterocycles. The molecular weight excluding hydrogens is 178 g/mol. The summed E-state index contributed by atoms with van der Waals surface area (Å²) in [6, 6.07) is 2.02. The van der Waals surface area contributed by atoms with Gasteiger partial charge in [0.05, 0.1) is 12.8 Å². The van der Waals surface area contributed by atoms with Crippen LogP contribution in [0.15, 0.2) is 12.3 Å². The Morgan fingerprint density at radius 1 is 1.50 bits per heavy atom. The maximum Gasteiger partial charge on any atom is 0.149 e. The van der Waals surface area contributed by atoms with Crippen molar-refractivity contribution in [2.75, 3.05) is 25.6 Å². The van der Waals surface area contributed by atoms with Gasteiger partial charge in [-0.3, -0.25) is 0 Å². The molecule has 1 N–H and O–H groups in total. The number of aromatic nitrogens is 2. The van der Waals surface area contributed by atoms with E-state index in [1.807, 2.05) is 6.07 Å². The van der Waals surface area contributed by atoms with Crippen molar-refractivity contribution >= 4 is 5.82 Å². The first-order valence-electron chi connectivity index (χ1n) is 4.79. The second-order valence-corrected chi connectivity index (χ2v) is 3.45. The van der Waals surface area contributed by atoms with Crippen molar-refractivity contribution in [3.8, 4) is 0 Å². The van der Waals surface area contributed by atoms with Crippen molar-refractivity contribution in [2.24, 2.45) is 0 Å². The third kappa shape index (κ3) is 3.30. The van der Waals surface area contributed by atoms with Gasteiger partial charge in [0.2, 0.25) is 0 Å². The van der Waals surface area contributed by atoms with Crippen LogP contribution in [0.2, 0.25) is 0 Å². The predicted octanol–water partition coefficient (Wildman–Crippen LogP) is 1.66. The predicted molar refractivity (Wildman–Crippen MR) is 56.5 cm³/mol. The van der Waals surface area contributed by atoms with Crippen molar-refractivity contribution in [1.29, 1.82) is 0 Å². The molecule has 4 heteroatoms. The molecule has 78 valence electrons. The van der Waals surface area contributed by atoms with Crippen molar-refractivity contribution in [3.63, 3.8) is 0 Å². The second-order valence-electron chi connectivity index (χ2n) is 3.45. The maximum atomic E-state index is 4.93. The minimum absolute atomic E-state index is 0.480. The number of methoxy groups -OCH3 is 1. The largest absolute Gasteiger partial charge is 0.383 e. The van der Waals surface area contributed by atoms with Crippen LogP contribution >= 0.6 is 0 Å². The van der Waals surface area contributed by atoms with Gasteiger partial charge in [0, 0.05) is 13.7 Å². The summed E-state index contributed by atoms with van der Waals surface area (Å²) in [5.74, 6) is 1.29. The van der Waals surface area contributed by atoms with E-state index in [2.05, 4.69) is 29.4 Å². The number of ether oxygens (including phenoxy) is 1. The summed E-state index contributed by atoms with van der Waals surface area (Å²) in [4.78, 5) is 0. The number of nitrogens with one attached hydrogen (secondary N) is 1. The molecule has 0 fully saturated rings. The molecule has 1 aromatic rings. The first-order valence-corrected chi connectivity index (χ1v) is 4.79. The lowest BCUT2D eigenvalue weighted by molar-refractivity contribution is 0.210. The van der Waals surface area contributed by atoms with E-state index in [4.69, 9.17) is 4.74 Å². The Kier molecular flexibility index (Phi) is 4.32. The molecule has 0 spiro atoms. The van der Waals surface area contributed by atoms with Crippen LogP contribution in [-0.4, -0.2) is 30.5 Å². The highest BCUT2D eigenvalue weighted by Gasteiger charge is 2.01. The molecule has 1 rings (SSSR count). The lowest BCUT2D eigenvalue weighted by Crippen LogP contribution is -2.09.